The van der Waals surface area contributed by atoms with Crippen LogP contribution in [0.3, 0.4) is 0 Å². The molecule has 0 saturated carbocycles. The fourth-order valence-corrected chi connectivity index (χ4v) is 4.39. The Hall–Kier alpha value is -2.27. The van der Waals surface area contributed by atoms with Crippen molar-refractivity contribution < 1.29 is 66.1 Å². The van der Waals surface area contributed by atoms with Crippen molar-refractivity contribution in [2.75, 3.05) is 0 Å². The quantitative estimate of drug-likeness (QED) is 0.335. The van der Waals surface area contributed by atoms with Gasteiger partial charge < -0.3 is 14.6 Å². The zero-order chi connectivity index (χ0) is 25.3. The smallest absolute Gasteiger partial charge is 0.545 e. The molecule has 0 bridgehead atoms. The Balaban J connectivity index is 0.00000361. The van der Waals surface area contributed by atoms with Gasteiger partial charge in [-0.3, -0.25) is 4.98 Å². The molecule has 1 aliphatic carbocycles. The molecule has 0 spiro atoms. The summed E-state index contributed by atoms with van der Waals surface area (Å²) >= 11 is 3.39. The van der Waals surface area contributed by atoms with Gasteiger partial charge in [0.1, 0.15) is 24.0 Å². The molecule has 0 saturated heterocycles. The second kappa shape index (κ2) is 11.4. The van der Waals surface area contributed by atoms with Crippen LogP contribution in [0.4, 0.5) is 22.0 Å². The predicted octanol–water partition coefficient (Wildman–Crippen LogP) is 3.18. The van der Waals surface area contributed by atoms with E-state index in [2.05, 4.69) is 20.9 Å². The van der Waals surface area contributed by atoms with Gasteiger partial charge in [-0.2, -0.15) is 13.2 Å². The minimum absolute atomic E-state index is 0. The van der Waals surface area contributed by atoms with E-state index < -0.39 is 35.0 Å². The number of nitrogens with zero attached hydrogens (tertiary/aromatic N) is 1. The van der Waals surface area contributed by atoms with Crippen molar-refractivity contribution in [3.8, 4) is 5.75 Å². The molecule has 0 aliphatic heterocycles. The maximum atomic E-state index is 14.0. The first-order valence-electron chi connectivity index (χ1n) is 10.4. The summed E-state index contributed by atoms with van der Waals surface area (Å²) in [4.78, 5) is 14.8. The molecule has 182 valence electrons. The Morgan fingerprint density at radius 1 is 1.06 bits per heavy atom. The Labute approximate surface area is 233 Å². The number of carbonyl (C=O) groups excluding carboxylic acids is 1. The number of carboxylic acid groups (broad SMARTS) is 1. The number of aromatic carboxylic acids is 1. The first-order chi connectivity index (χ1) is 16.5. The standard InChI is InChI=1S/C25H17BrF5NO3.Na/c26-15-5-7-22(35-12-13-4-6-16(27)10-21(13)28)19(9-15)18-3-1-2-17(18)14-8-20(24(33)34)23(32-11-14)25(29,30)31;/h4-11H,1-3,12H2,(H,33,34);/q;+1/p-1. The van der Waals surface area contributed by atoms with Crippen molar-refractivity contribution in [3.05, 3.63) is 92.7 Å². The average molecular weight is 576 g/mol. The minimum atomic E-state index is -4.94. The third kappa shape index (κ3) is 6.16. The second-order valence-corrected chi connectivity index (χ2v) is 8.80. The minimum Gasteiger partial charge on any atom is -0.545 e. The first kappa shape index (κ1) is 28.3. The molecule has 1 aliphatic rings. The van der Waals surface area contributed by atoms with Gasteiger partial charge in [-0.25, -0.2) is 8.78 Å². The molecule has 0 fully saturated rings. The summed E-state index contributed by atoms with van der Waals surface area (Å²) in [7, 11) is 0. The van der Waals surface area contributed by atoms with Crippen LogP contribution in [0.5, 0.6) is 5.75 Å². The molecule has 11 heteroatoms. The van der Waals surface area contributed by atoms with Crippen molar-refractivity contribution in [1.29, 1.82) is 0 Å². The van der Waals surface area contributed by atoms with Gasteiger partial charge in [0.15, 0.2) is 5.69 Å². The number of halogens is 6. The monoisotopic (exact) mass is 575 g/mol. The van der Waals surface area contributed by atoms with Crippen LogP contribution in [-0.2, 0) is 12.8 Å². The summed E-state index contributed by atoms with van der Waals surface area (Å²) in [6, 6.07) is 9.20. The Kier molecular flexibility index (Phi) is 8.97. The molecule has 3 aromatic rings. The molecule has 4 rings (SSSR count). The van der Waals surface area contributed by atoms with Crippen LogP contribution in [0.1, 0.15) is 52.0 Å². The number of rotatable bonds is 6. The fourth-order valence-electron chi connectivity index (χ4n) is 4.03. The van der Waals surface area contributed by atoms with E-state index in [9.17, 15) is 31.9 Å². The van der Waals surface area contributed by atoms with E-state index in [1.54, 1.807) is 18.2 Å². The van der Waals surface area contributed by atoms with Crippen LogP contribution in [0.15, 0.2) is 53.1 Å². The maximum absolute atomic E-state index is 14.0. The van der Waals surface area contributed by atoms with E-state index in [1.807, 2.05) is 0 Å². The number of aromatic nitrogens is 1. The Morgan fingerprint density at radius 3 is 2.44 bits per heavy atom. The average Bonchev–Trinajstić information content (AvgIpc) is 3.28. The summed E-state index contributed by atoms with van der Waals surface area (Å²) < 4.78 is 73.4. The van der Waals surface area contributed by atoms with Gasteiger partial charge in [0.25, 0.3) is 0 Å². The largest absolute Gasteiger partial charge is 1.00 e. The van der Waals surface area contributed by atoms with E-state index in [0.29, 0.717) is 40.6 Å². The number of allylic oxidation sites excluding steroid dienone is 2. The van der Waals surface area contributed by atoms with E-state index in [1.165, 1.54) is 6.07 Å². The third-order valence-corrected chi connectivity index (χ3v) is 6.10. The molecule has 4 nitrogen and oxygen atoms in total. The summed E-state index contributed by atoms with van der Waals surface area (Å²) in [5.74, 6) is -3.06. The van der Waals surface area contributed by atoms with Crippen molar-refractivity contribution in [2.45, 2.75) is 32.0 Å². The number of hydrogen-bond acceptors (Lipinski definition) is 4. The fraction of sp³-hybridized carbons (Fsp3) is 0.200. The molecular weight excluding hydrogens is 560 g/mol. The molecule has 0 unspecified atom stereocenters. The number of alkyl halides is 3. The predicted molar refractivity (Wildman–Crippen MR) is 119 cm³/mol. The molecular formula is C25H16BrF5NNaO3. The summed E-state index contributed by atoms with van der Waals surface area (Å²) in [5, 5.41) is 11.4. The SMILES string of the molecule is O=C([O-])c1cc(C2=C(c3cc(Br)ccc3OCc3ccc(F)cc3F)CCC2)cnc1C(F)(F)F.[Na+]. The van der Waals surface area contributed by atoms with E-state index in [4.69, 9.17) is 4.74 Å². The summed E-state index contributed by atoms with van der Waals surface area (Å²) in [5.41, 5.74) is -0.187. The van der Waals surface area contributed by atoms with Gasteiger partial charge >= 0.3 is 35.7 Å². The van der Waals surface area contributed by atoms with Crippen LogP contribution in [-0.4, -0.2) is 11.0 Å². The van der Waals surface area contributed by atoms with Gasteiger partial charge in [0.05, 0.1) is 5.97 Å². The molecule has 0 amide bonds. The summed E-state index contributed by atoms with van der Waals surface area (Å²) in [6.45, 7) is -0.181. The Morgan fingerprint density at radius 2 is 1.78 bits per heavy atom. The van der Waals surface area contributed by atoms with Crippen molar-refractivity contribution in [3.63, 3.8) is 0 Å². The van der Waals surface area contributed by atoms with Crippen molar-refractivity contribution in [1.82, 2.24) is 4.98 Å². The molecule has 0 radical (unpaired) electrons. The zero-order valence-electron chi connectivity index (χ0n) is 18.9. The Bertz CT molecular complexity index is 1340. The normalized spacial score (nSPS) is 13.5. The van der Waals surface area contributed by atoms with Gasteiger partial charge in [-0.15, -0.1) is 0 Å². The van der Waals surface area contributed by atoms with Gasteiger partial charge in [0, 0.05) is 33.4 Å². The molecule has 1 aromatic heterocycles. The number of pyridine rings is 1. The van der Waals surface area contributed by atoms with Crippen molar-refractivity contribution >= 4 is 33.0 Å². The number of hydrogen-bond donors (Lipinski definition) is 0. The molecule has 0 atom stereocenters. The van der Waals surface area contributed by atoms with Crippen LogP contribution in [0.25, 0.3) is 11.1 Å². The van der Waals surface area contributed by atoms with Gasteiger partial charge in [-0.05, 0) is 72.4 Å². The van der Waals surface area contributed by atoms with E-state index in [-0.39, 0.29) is 47.3 Å². The number of ether oxygens (including phenoxy) is 1. The first-order valence-corrected chi connectivity index (χ1v) is 11.2. The van der Waals surface area contributed by atoms with Crippen LogP contribution >= 0.6 is 15.9 Å². The number of benzene rings is 2. The van der Waals surface area contributed by atoms with Crippen LogP contribution in [0, 0.1) is 11.6 Å². The molecule has 0 N–H and O–H groups in total. The number of carbonyl (C=O) groups is 1. The molecule has 1 heterocycles. The van der Waals surface area contributed by atoms with Crippen LogP contribution in [0.2, 0.25) is 0 Å². The second-order valence-electron chi connectivity index (χ2n) is 7.88. The van der Waals surface area contributed by atoms with Crippen molar-refractivity contribution in [2.24, 2.45) is 0 Å². The summed E-state index contributed by atoms with van der Waals surface area (Å²) in [6.07, 6.45) is -2.24. The zero-order valence-corrected chi connectivity index (χ0v) is 22.5. The molecule has 2 aromatic carbocycles. The van der Waals surface area contributed by atoms with E-state index >= 15 is 0 Å². The topological polar surface area (TPSA) is 62.2 Å². The van der Waals surface area contributed by atoms with E-state index in [0.717, 1.165) is 30.0 Å². The number of carboxylic acids is 1. The van der Waals surface area contributed by atoms with Crippen LogP contribution < -0.4 is 39.4 Å². The third-order valence-electron chi connectivity index (χ3n) is 5.61. The molecule has 36 heavy (non-hydrogen) atoms. The van der Waals surface area contributed by atoms with Gasteiger partial charge in [-0.1, -0.05) is 15.9 Å². The van der Waals surface area contributed by atoms with Gasteiger partial charge in [0.2, 0.25) is 0 Å². The maximum Gasteiger partial charge on any atom is 1.00 e.